The van der Waals surface area contributed by atoms with Crippen molar-refractivity contribution in [1.82, 2.24) is 4.31 Å². The first kappa shape index (κ1) is 25.0. The molecule has 0 saturated heterocycles. The number of nitrogens with one attached hydrogen (secondary N) is 1. The summed E-state index contributed by atoms with van der Waals surface area (Å²) in [5.74, 6) is -1.47. The van der Waals surface area contributed by atoms with Gasteiger partial charge in [0.15, 0.2) is 6.61 Å². The lowest BCUT2D eigenvalue weighted by molar-refractivity contribution is -0.142. The minimum atomic E-state index is -3.68. The van der Waals surface area contributed by atoms with Crippen LogP contribution in [0.3, 0.4) is 0 Å². The Morgan fingerprint density at radius 1 is 1.12 bits per heavy atom. The molecule has 0 aliphatic carbocycles. The summed E-state index contributed by atoms with van der Waals surface area (Å²) in [6, 6.07) is 9.87. The standard InChI is InChI=1S/C21H22F2N2O6S/c1-14-4-10-17(32(28,29)25(2)3)12-18(14)24-19(26)13-30-20(27)11-7-15-5-8-16(9-6-15)31-21(22)23/h4-12,21H,13H2,1-3H3,(H,24,26). The highest BCUT2D eigenvalue weighted by molar-refractivity contribution is 7.89. The van der Waals surface area contributed by atoms with Crippen LogP contribution in [0.1, 0.15) is 11.1 Å². The zero-order valence-electron chi connectivity index (χ0n) is 17.5. The van der Waals surface area contributed by atoms with Gasteiger partial charge in [-0.1, -0.05) is 18.2 Å². The number of hydrogen-bond acceptors (Lipinski definition) is 6. The molecule has 0 unspecified atom stereocenters. The third kappa shape index (κ3) is 7.13. The average molecular weight is 468 g/mol. The molecule has 0 aromatic heterocycles. The minimum Gasteiger partial charge on any atom is -0.452 e. The van der Waals surface area contributed by atoms with E-state index >= 15 is 0 Å². The molecule has 0 saturated carbocycles. The fourth-order valence-corrected chi connectivity index (χ4v) is 3.33. The molecule has 2 aromatic carbocycles. The van der Waals surface area contributed by atoms with E-state index in [-0.39, 0.29) is 16.3 Å². The third-order valence-electron chi connectivity index (χ3n) is 4.12. The summed E-state index contributed by atoms with van der Waals surface area (Å²) in [5, 5.41) is 2.51. The highest BCUT2D eigenvalue weighted by Gasteiger charge is 2.19. The van der Waals surface area contributed by atoms with Crippen molar-refractivity contribution in [3.63, 3.8) is 0 Å². The molecule has 0 aliphatic heterocycles. The van der Waals surface area contributed by atoms with Crippen molar-refractivity contribution in [3.05, 3.63) is 59.7 Å². The van der Waals surface area contributed by atoms with Crippen LogP contribution in [0.4, 0.5) is 14.5 Å². The predicted octanol–water partition coefficient (Wildman–Crippen LogP) is 3.04. The van der Waals surface area contributed by atoms with E-state index in [0.717, 1.165) is 10.4 Å². The van der Waals surface area contributed by atoms with E-state index in [1.54, 1.807) is 13.0 Å². The fraction of sp³-hybridized carbons (Fsp3) is 0.238. The largest absolute Gasteiger partial charge is 0.452 e. The molecule has 0 fully saturated rings. The van der Waals surface area contributed by atoms with Crippen molar-refractivity contribution in [2.24, 2.45) is 0 Å². The van der Waals surface area contributed by atoms with Gasteiger partial charge in [-0.25, -0.2) is 17.5 Å². The van der Waals surface area contributed by atoms with E-state index in [1.165, 1.54) is 56.6 Å². The summed E-state index contributed by atoms with van der Waals surface area (Å²) in [6.07, 6.45) is 2.46. The van der Waals surface area contributed by atoms with Crippen LogP contribution in [0, 0.1) is 6.92 Å². The molecule has 11 heteroatoms. The Hall–Kier alpha value is -3.31. The van der Waals surface area contributed by atoms with E-state index in [0.29, 0.717) is 11.1 Å². The van der Waals surface area contributed by atoms with Gasteiger partial charge in [0.05, 0.1) is 4.90 Å². The van der Waals surface area contributed by atoms with Crippen molar-refractivity contribution in [1.29, 1.82) is 0 Å². The summed E-state index contributed by atoms with van der Waals surface area (Å²) in [4.78, 5) is 23.9. The molecule has 0 bridgehead atoms. The average Bonchev–Trinajstić information content (AvgIpc) is 2.72. The monoisotopic (exact) mass is 468 g/mol. The first-order chi connectivity index (χ1) is 15.0. The summed E-state index contributed by atoms with van der Waals surface area (Å²) in [5.41, 5.74) is 1.43. The Labute approximate surface area is 184 Å². The Morgan fingerprint density at radius 3 is 2.38 bits per heavy atom. The highest BCUT2D eigenvalue weighted by atomic mass is 32.2. The normalized spacial score (nSPS) is 11.7. The molecule has 0 radical (unpaired) electrons. The SMILES string of the molecule is Cc1ccc(S(=O)(=O)N(C)C)cc1NC(=O)COC(=O)C=Cc1ccc(OC(F)F)cc1. The smallest absolute Gasteiger partial charge is 0.387 e. The van der Waals surface area contributed by atoms with Crippen LogP contribution in [-0.2, 0) is 24.3 Å². The topological polar surface area (TPSA) is 102 Å². The quantitative estimate of drug-likeness (QED) is 0.448. The van der Waals surface area contributed by atoms with E-state index in [1.807, 2.05) is 0 Å². The molecule has 1 N–H and O–H groups in total. The van der Waals surface area contributed by atoms with Crippen LogP contribution in [0.15, 0.2) is 53.4 Å². The van der Waals surface area contributed by atoms with Gasteiger partial charge in [-0.3, -0.25) is 4.79 Å². The van der Waals surface area contributed by atoms with Crippen LogP contribution < -0.4 is 10.1 Å². The lowest BCUT2D eigenvalue weighted by Gasteiger charge is -2.14. The van der Waals surface area contributed by atoms with E-state index in [4.69, 9.17) is 4.74 Å². The fourth-order valence-electron chi connectivity index (χ4n) is 2.40. The first-order valence-electron chi connectivity index (χ1n) is 9.22. The van der Waals surface area contributed by atoms with Crippen LogP contribution in [0.2, 0.25) is 0 Å². The lowest BCUT2D eigenvalue weighted by atomic mass is 10.2. The number of esters is 1. The van der Waals surface area contributed by atoms with Gasteiger partial charge in [-0.15, -0.1) is 0 Å². The van der Waals surface area contributed by atoms with Crippen molar-refractivity contribution < 1.29 is 36.3 Å². The number of carbonyl (C=O) groups excluding carboxylic acids is 2. The van der Waals surface area contributed by atoms with Gasteiger partial charge < -0.3 is 14.8 Å². The van der Waals surface area contributed by atoms with Crippen molar-refractivity contribution in [2.45, 2.75) is 18.4 Å². The maximum Gasteiger partial charge on any atom is 0.387 e. The van der Waals surface area contributed by atoms with Gasteiger partial charge in [0.1, 0.15) is 5.75 Å². The summed E-state index contributed by atoms with van der Waals surface area (Å²) in [7, 11) is -0.888. The molecule has 0 heterocycles. The van der Waals surface area contributed by atoms with Crippen molar-refractivity contribution in [3.8, 4) is 5.75 Å². The number of ether oxygens (including phenoxy) is 2. The minimum absolute atomic E-state index is 0.00768. The van der Waals surface area contributed by atoms with E-state index < -0.39 is 35.1 Å². The molecule has 2 rings (SSSR count). The number of nitrogens with zero attached hydrogens (tertiary/aromatic N) is 1. The van der Waals surface area contributed by atoms with Gasteiger partial charge in [0, 0.05) is 25.9 Å². The van der Waals surface area contributed by atoms with Gasteiger partial charge in [0.2, 0.25) is 10.0 Å². The predicted molar refractivity (Wildman–Crippen MR) is 114 cm³/mol. The van der Waals surface area contributed by atoms with Crippen LogP contribution >= 0.6 is 0 Å². The number of anilines is 1. The van der Waals surface area contributed by atoms with Crippen LogP contribution in [0.5, 0.6) is 5.75 Å². The third-order valence-corrected chi connectivity index (χ3v) is 5.94. The molecular formula is C21H22F2N2O6S. The van der Waals surface area contributed by atoms with Gasteiger partial charge in [-0.05, 0) is 48.4 Å². The number of aryl methyl sites for hydroxylation is 1. The zero-order valence-corrected chi connectivity index (χ0v) is 18.4. The first-order valence-corrected chi connectivity index (χ1v) is 10.7. The molecule has 1 amide bonds. The summed E-state index contributed by atoms with van der Waals surface area (Å²) in [6.45, 7) is -1.83. The molecule has 0 spiro atoms. The van der Waals surface area contributed by atoms with Crippen molar-refractivity contribution >= 4 is 33.7 Å². The van der Waals surface area contributed by atoms with E-state index in [2.05, 4.69) is 10.1 Å². The molecule has 2 aromatic rings. The maximum atomic E-state index is 12.2. The molecule has 172 valence electrons. The number of carbonyl (C=O) groups is 2. The maximum absolute atomic E-state index is 12.2. The number of hydrogen-bond donors (Lipinski definition) is 1. The Kier molecular flexibility index (Phi) is 8.44. The van der Waals surface area contributed by atoms with Crippen LogP contribution in [0.25, 0.3) is 6.08 Å². The highest BCUT2D eigenvalue weighted by Crippen LogP contribution is 2.22. The molecular weight excluding hydrogens is 446 g/mol. The second-order valence-electron chi connectivity index (χ2n) is 6.70. The van der Waals surface area contributed by atoms with Crippen molar-refractivity contribution in [2.75, 3.05) is 26.0 Å². The number of rotatable bonds is 9. The second kappa shape index (κ2) is 10.8. The molecule has 8 nitrogen and oxygen atoms in total. The Morgan fingerprint density at radius 2 is 1.78 bits per heavy atom. The number of halogens is 2. The number of alkyl halides is 2. The number of benzene rings is 2. The van der Waals surface area contributed by atoms with Gasteiger partial charge >= 0.3 is 12.6 Å². The van der Waals surface area contributed by atoms with Crippen LogP contribution in [-0.4, -0.2) is 51.9 Å². The molecule has 0 atom stereocenters. The Bertz CT molecular complexity index is 1100. The van der Waals surface area contributed by atoms with Gasteiger partial charge in [-0.2, -0.15) is 8.78 Å². The summed E-state index contributed by atoms with van der Waals surface area (Å²) < 4.78 is 58.9. The number of sulfonamides is 1. The summed E-state index contributed by atoms with van der Waals surface area (Å²) >= 11 is 0. The molecule has 0 aliphatic rings. The molecule has 32 heavy (non-hydrogen) atoms. The second-order valence-corrected chi connectivity index (χ2v) is 8.85. The lowest BCUT2D eigenvalue weighted by Crippen LogP contribution is -2.23. The van der Waals surface area contributed by atoms with Gasteiger partial charge in [0.25, 0.3) is 5.91 Å². The number of amides is 1. The van der Waals surface area contributed by atoms with E-state index in [9.17, 15) is 26.8 Å². The Balaban J connectivity index is 1.93. The zero-order chi connectivity index (χ0) is 23.9.